The lowest BCUT2D eigenvalue weighted by molar-refractivity contribution is 0.560. The van der Waals surface area contributed by atoms with Crippen LogP contribution in [0.25, 0.3) is 21.7 Å². The molecule has 0 bridgehead atoms. The van der Waals surface area contributed by atoms with Gasteiger partial charge in [-0.15, -0.1) is 11.8 Å². The standard InChI is InChI=1S/C20H13FO2S/c21-15-6-8-16(9-7-15)24-12-14-11-19(22)23-18-10-5-13-3-1-2-4-17(13)20(14)18/h1-11H,12H2. The first-order valence-electron chi connectivity index (χ1n) is 7.53. The van der Waals surface area contributed by atoms with Crippen molar-refractivity contribution in [3.63, 3.8) is 0 Å². The van der Waals surface area contributed by atoms with Crippen LogP contribution in [-0.2, 0) is 5.75 Å². The van der Waals surface area contributed by atoms with E-state index in [0.29, 0.717) is 11.3 Å². The molecule has 0 atom stereocenters. The fraction of sp³-hybridized carbons (Fsp3) is 0.0500. The normalized spacial score (nSPS) is 11.2. The largest absolute Gasteiger partial charge is 0.423 e. The molecule has 1 aromatic heterocycles. The van der Waals surface area contributed by atoms with Crippen LogP contribution in [0.15, 0.2) is 80.8 Å². The van der Waals surface area contributed by atoms with Crippen molar-refractivity contribution in [2.45, 2.75) is 10.6 Å². The molecule has 3 aromatic carbocycles. The monoisotopic (exact) mass is 336 g/mol. The van der Waals surface area contributed by atoms with Gasteiger partial charge < -0.3 is 4.42 Å². The van der Waals surface area contributed by atoms with E-state index in [4.69, 9.17) is 4.42 Å². The first-order chi connectivity index (χ1) is 11.7. The van der Waals surface area contributed by atoms with Gasteiger partial charge in [0.05, 0.1) is 0 Å². The minimum absolute atomic E-state index is 0.254. The van der Waals surface area contributed by atoms with E-state index >= 15 is 0 Å². The predicted octanol–water partition coefficient (Wildman–Crippen LogP) is 5.38. The van der Waals surface area contributed by atoms with Crippen molar-refractivity contribution >= 4 is 33.5 Å². The summed E-state index contributed by atoms with van der Waals surface area (Å²) in [6.45, 7) is 0. The highest BCUT2D eigenvalue weighted by atomic mass is 32.2. The summed E-state index contributed by atoms with van der Waals surface area (Å²) < 4.78 is 18.4. The highest BCUT2D eigenvalue weighted by Crippen LogP contribution is 2.31. The van der Waals surface area contributed by atoms with Crippen molar-refractivity contribution in [2.75, 3.05) is 0 Å². The zero-order chi connectivity index (χ0) is 16.5. The Morgan fingerprint density at radius 1 is 0.958 bits per heavy atom. The average Bonchev–Trinajstić information content (AvgIpc) is 2.60. The third kappa shape index (κ3) is 2.81. The van der Waals surface area contributed by atoms with Crippen molar-refractivity contribution in [3.05, 3.63) is 88.5 Å². The van der Waals surface area contributed by atoms with Gasteiger partial charge >= 0.3 is 5.63 Å². The third-order valence-corrected chi connectivity index (χ3v) is 4.98. The molecule has 0 unspecified atom stereocenters. The van der Waals surface area contributed by atoms with Crippen LogP contribution in [0.5, 0.6) is 0 Å². The zero-order valence-corrected chi connectivity index (χ0v) is 13.5. The van der Waals surface area contributed by atoms with Gasteiger partial charge in [0.1, 0.15) is 11.4 Å². The SMILES string of the molecule is O=c1cc(CSc2ccc(F)cc2)c2c(ccc3ccccc32)o1. The lowest BCUT2D eigenvalue weighted by Crippen LogP contribution is -2.00. The Labute approximate surface area is 141 Å². The lowest BCUT2D eigenvalue weighted by Gasteiger charge is -2.08. The Morgan fingerprint density at radius 3 is 2.58 bits per heavy atom. The molecular formula is C20H13FO2S. The second-order valence-corrected chi connectivity index (χ2v) is 6.54. The molecule has 0 saturated heterocycles. The number of hydrogen-bond acceptors (Lipinski definition) is 3. The molecule has 0 N–H and O–H groups in total. The van der Waals surface area contributed by atoms with Crippen LogP contribution in [0.4, 0.5) is 4.39 Å². The van der Waals surface area contributed by atoms with E-state index < -0.39 is 0 Å². The van der Waals surface area contributed by atoms with Crippen molar-refractivity contribution < 1.29 is 8.81 Å². The van der Waals surface area contributed by atoms with Crippen LogP contribution in [-0.4, -0.2) is 0 Å². The number of thioether (sulfide) groups is 1. The van der Waals surface area contributed by atoms with Crippen molar-refractivity contribution in [2.24, 2.45) is 0 Å². The van der Waals surface area contributed by atoms with Crippen LogP contribution in [0.3, 0.4) is 0 Å². The van der Waals surface area contributed by atoms with E-state index in [1.807, 2.05) is 36.4 Å². The van der Waals surface area contributed by atoms with Crippen molar-refractivity contribution in [3.8, 4) is 0 Å². The molecule has 0 fully saturated rings. The molecule has 0 spiro atoms. The molecule has 2 nitrogen and oxygen atoms in total. The topological polar surface area (TPSA) is 30.2 Å². The number of halogens is 1. The fourth-order valence-electron chi connectivity index (χ4n) is 2.83. The number of benzene rings is 3. The summed E-state index contributed by atoms with van der Waals surface area (Å²) in [4.78, 5) is 12.8. The molecule has 4 rings (SSSR count). The van der Waals surface area contributed by atoms with Crippen LogP contribution in [0.1, 0.15) is 5.56 Å². The van der Waals surface area contributed by atoms with E-state index in [1.165, 1.54) is 12.1 Å². The Balaban J connectivity index is 1.82. The summed E-state index contributed by atoms with van der Waals surface area (Å²) in [5, 5.41) is 3.13. The maximum absolute atomic E-state index is 13.0. The van der Waals surface area contributed by atoms with E-state index in [0.717, 1.165) is 26.6 Å². The molecule has 4 heteroatoms. The Kier molecular flexibility index (Phi) is 3.82. The molecule has 24 heavy (non-hydrogen) atoms. The summed E-state index contributed by atoms with van der Waals surface area (Å²) >= 11 is 1.57. The molecule has 0 aliphatic heterocycles. The Hall–Kier alpha value is -2.59. The van der Waals surface area contributed by atoms with Gasteiger partial charge in [0, 0.05) is 22.1 Å². The smallest absolute Gasteiger partial charge is 0.336 e. The summed E-state index contributed by atoms with van der Waals surface area (Å²) in [5.41, 5.74) is 1.16. The van der Waals surface area contributed by atoms with E-state index in [-0.39, 0.29) is 11.4 Å². The number of hydrogen-bond donors (Lipinski definition) is 0. The molecular weight excluding hydrogens is 323 g/mol. The summed E-state index contributed by atoms with van der Waals surface area (Å²) in [7, 11) is 0. The van der Waals surface area contributed by atoms with Gasteiger partial charge in [0.25, 0.3) is 0 Å². The van der Waals surface area contributed by atoms with E-state index in [9.17, 15) is 9.18 Å². The number of fused-ring (bicyclic) bond motifs is 3. The first kappa shape index (κ1) is 15.0. The lowest BCUT2D eigenvalue weighted by atomic mass is 10.0. The minimum atomic E-state index is -0.354. The number of rotatable bonds is 3. The highest BCUT2D eigenvalue weighted by Gasteiger charge is 2.10. The van der Waals surface area contributed by atoms with Gasteiger partial charge in [0.2, 0.25) is 0 Å². The van der Waals surface area contributed by atoms with Gasteiger partial charge in [-0.3, -0.25) is 0 Å². The molecule has 0 aliphatic carbocycles. The highest BCUT2D eigenvalue weighted by molar-refractivity contribution is 7.98. The van der Waals surface area contributed by atoms with E-state index in [1.54, 1.807) is 30.0 Å². The first-order valence-corrected chi connectivity index (χ1v) is 8.52. The molecule has 0 amide bonds. The van der Waals surface area contributed by atoms with Crippen LogP contribution < -0.4 is 5.63 Å². The zero-order valence-electron chi connectivity index (χ0n) is 12.7. The van der Waals surface area contributed by atoms with Crippen LogP contribution >= 0.6 is 11.8 Å². The predicted molar refractivity (Wildman–Crippen MR) is 96.0 cm³/mol. The summed E-state index contributed by atoms with van der Waals surface area (Å²) in [5.74, 6) is 0.359. The molecule has 0 saturated carbocycles. The fourth-order valence-corrected chi connectivity index (χ4v) is 3.70. The quantitative estimate of drug-likeness (QED) is 0.286. The maximum Gasteiger partial charge on any atom is 0.336 e. The summed E-state index contributed by atoms with van der Waals surface area (Å²) in [6.07, 6.45) is 0. The van der Waals surface area contributed by atoms with Crippen molar-refractivity contribution in [1.29, 1.82) is 0 Å². The third-order valence-electron chi connectivity index (χ3n) is 3.92. The second-order valence-electron chi connectivity index (χ2n) is 5.49. The minimum Gasteiger partial charge on any atom is -0.423 e. The van der Waals surface area contributed by atoms with Crippen LogP contribution in [0.2, 0.25) is 0 Å². The molecule has 0 radical (unpaired) electrons. The van der Waals surface area contributed by atoms with Gasteiger partial charge in [-0.2, -0.15) is 0 Å². The van der Waals surface area contributed by atoms with Gasteiger partial charge in [-0.05, 0) is 46.7 Å². The maximum atomic E-state index is 13.0. The molecule has 0 aliphatic rings. The average molecular weight is 336 g/mol. The van der Waals surface area contributed by atoms with Crippen molar-refractivity contribution in [1.82, 2.24) is 0 Å². The van der Waals surface area contributed by atoms with Gasteiger partial charge in [0.15, 0.2) is 0 Å². The van der Waals surface area contributed by atoms with E-state index in [2.05, 4.69) is 0 Å². The Morgan fingerprint density at radius 2 is 1.75 bits per heavy atom. The van der Waals surface area contributed by atoms with Crippen LogP contribution in [0, 0.1) is 5.82 Å². The summed E-state index contributed by atoms with van der Waals surface area (Å²) in [6, 6.07) is 19.7. The van der Waals surface area contributed by atoms with Gasteiger partial charge in [-0.25, -0.2) is 9.18 Å². The van der Waals surface area contributed by atoms with Gasteiger partial charge in [-0.1, -0.05) is 30.3 Å². The molecule has 118 valence electrons. The molecule has 4 aromatic rings. The molecule has 1 heterocycles. The second kappa shape index (κ2) is 6.13. The Bertz CT molecular complexity index is 1080.